The summed E-state index contributed by atoms with van der Waals surface area (Å²) in [5, 5.41) is 16.4. The molecule has 1 atom stereocenters. The summed E-state index contributed by atoms with van der Waals surface area (Å²) >= 11 is 0. The highest BCUT2D eigenvalue weighted by Gasteiger charge is 2.18. The van der Waals surface area contributed by atoms with Gasteiger partial charge in [0.05, 0.1) is 23.1 Å². The standard InChI is InChI=1S/C19H21N3O4/c1-12-4-7-15(8-5-12)18(20-14(3)23)11-19(24)21-17-10-16(22(25)26)9-6-13(17)2/h4-10,18H,11H2,1-3H3,(H,20,23)(H,21,24). The summed E-state index contributed by atoms with van der Waals surface area (Å²) in [6, 6.07) is 11.4. The Morgan fingerprint density at radius 1 is 1.12 bits per heavy atom. The number of hydrogen-bond donors (Lipinski definition) is 2. The van der Waals surface area contributed by atoms with E-state index in [1.807, 2.05) is 31.2 Å². The van der Waals surface area contributed by atoms with Crippen molar-refractivity contribution < 1.29 is 14.5 Å². The van der Waals surface area contributed by atoms with Crippen LogP contribution in [0.4, 0.5) is 11.4 Å². The summed E-state index contributed by atoms with van der Waals surface area (Å²) in [4.78, 5) is 34.3. The van der Waals surface area contributed by atoms with E-state index >= 15 is 0 Å². The Morgan fingerprint density at radius 3 is 2.35 bits per heavy atom. The summed E-state index contributed by atoms with van der Waals surface area (Å²) in [5.41, 5.74) is 2.90. The molecular formula is C19H21N3O4. The van der Waals surface area contributed by atoms with Crippen LogP contribution in [0.25, 0.3) is 0 Å². The number of rotatable bonds is 6. The third kappa shape index (κ3) is 5.14. The van der Waals surface area contributed by atoms with E-state index in [0.717, 1.165) is 16.7 Å². The Kier molecular flexibility index (Phi) is 6.06. The predicted octanol–water partition coefficient (Wildman–Crippen LogP) is 3.42. The molecule has 7 heteroatoms. The number of benzene rings is 2. The van der Waals surface area contributed by atoms with E-state index in [4.69, 9.17) is 0 Å². The third-order valence-electron chi connectivity index (χ3n) is 3.95. The van der Waals surface area contributed by atoms with Crippen LogP contribution in [0.1, 0.15) is 36.1 Å². The van der Waals surface area contributed by atoms with Crippen LogP contribution in [0.5, 0.6) is 0 Å². The van der Waals surface area contributed by atoms with Crippen LogP contribution in [0.15, 0.2) is 42.5 Å². The number of carbonyl (C=O) groups excluding carboxylic acids is 2. The van der Waals surface area contributed by atoms with Crippen molar-refractivity contribution in [3.63, 3.8) is 0 Å². The highest BCUT2D eigenvalue weighted by atomic mass is 16.6. The summed E-state index contributed by atoms with van der Waals surface area (Å²) in [7, 11) is 0. The topological polar surface area (TPSA) is 101 Å². The van der Waals surface area contributed by atoms with E-state index in [9.17, 15) is 19.7 Å². The van der Waals surface area contributed by atoms with Crippen LogP contribution in [-0.2, 0) is 9.59 Å². The van der Waals surface area contributed by atoms with Crippen molar-refractivity contribution in [2.24, 2.45) is 0 Å². The van der Waals surface area contributed by atoms with Crippen LogP contribution in [0.3, 0.4) is 0 Å². The first-order chi connectivity index (χ1) is 12.3. The molecule has 0 aromatic heterocycles. The van der Waals surface area contributed by atoms with Gasteiger partial charge < -0.3 is 10.6 Å². The minimum absolute atomic E-state index is 0.0186. The van der Waals surface area contributed by atoms with Crippen LogP contribution >= 0.6 is 0 Å². The van der Waals surface area contributed by atoms with Crippen molar-refractivity contribution >= 4 is 23.2 Å². The van der Waals surface area contributed by atoms with Crippen molar-refractivity contribution in [2.45, 2.75) is 33.2 Å². The second kappa shape index (κ2) is 8.24. The minimum atomic E-state index is -0.512. The fourth-order valence-corrected chi connectivity index (χ4v) is 2.54. The van der Waals surface area contributed by atoms with Gasteiger partial charge in [0, 0.05) is 19.1 Å². The van der Waals surface area contributed by atoms with E-state index in [1.54, 1.807) is 13.0 Å². The molecule has 2 aromatic rings. The maximum Gasteiger partial charge on any atom is 0.271 e. The van der Waals surface area contributed by atoms with Gasteiger partial charge in [0.2, 0.25) is 11.8 Å². The molecule has 0 heterocycles. The highest BCUT2D eigenvalue weighted by Crippen LogP contribution is 2.23. The highest BCUT2D eigenvalue weighted by molar-refractivity contribution is 5.92. The molecule has 2 N–H and O–H groups in total. The molecule has 2 aromatic carbocycles. The second-order valence-corrected chi connectivity index (χ2v) is 6.17. The molecule has 0 radical (unpaired) electrons. The number of nitrogens with zero attached hydrogens (tertiary/aromatic N) is 1. The number of carbonyl (C=O) groups is 2. The molecule has 136 valence electrons. The van der Waals surface area contributed by atoms with Crippen LogP contribution in [0, 0.1) is 24.0 Å². The first kappa shape index (κ1) is 19.1. The van der Waals surface area contributed by atoms with Crippen molar-refractivity contribution in [3.8, 4) is 0 Å². The monoisotopic (exact) mass is 355 g/mol. The molecule has 0 aliphatic rings. The average Bonchev–Trinajstić information content (AvgIpc) is 2.56. The number of amides is 2. The number of non-ortho nitro benzene ring substituents is 1. The Morgan fingerprint density at radius 2 is 1.77 bits per heavy atom. The van der Waals surface area contributed by atoms with E-state index in [1.165, 1.54) is 19.1 Å². The van der Waals surface area contributed by atoms with E-state index in [0.29, 0.717) is 5.69 Å². The van der Waals surface area contributed by atoms with Gasteiger partial charge in [0.15, 0.2) is 0 Å². The number of nitrogens with one attached hydrogen (secondary N) is 2. The summed E-state index contributed by atoms with van der Waals surface area (Å²) in [6.07, 6.45) is 0.0186. The zero-order chi connectivity index (χ0) is 19.3. The molecule has 7 nitrogen and oxygen atoms in total. The number of aryl methyl sites for hydroxylation is 2. The molecule has 0 spiro atoms. The van der Waals surface area contributed by atoms with Gasteiger partial charge in [-0.2, -0.15) is 0 Å². The summed E-state index contributed by atoms with van der Waals surface area (Å²) in [6.45, 7) is 5.10. The zero-order valence-corrected chi connectivity index (χ0v) is 14.9. The molecule has 0 aliphatic carbocycles. The van der Waals surface area contributed by atoms with Crippen LogP contribution in [0.2, 0.25) is 0 Å². The molecule has 26 heavy (non-hydrogen) atoms. The van der Waals surface area contributed by atoms with Crippen molar-refractivity contribution in [3.05, 3.63) is 69.3 Å². The fourth-order valence-electron chi connectivity index (χ4n) is 2.54. The molecule has 1 unspecified atom stereocenters. The summed E-state index contributed by atoms with van der Waals surface area (Å²) in [5.74, 6) is -0.581. The zero-order valence-electron chi connectivity index (χ0n) is 14.9. The van der Waals surface area contributed by atoms with E-state index in [2.05, 4.69) is 10.6 Å². The van der Waals surface area contributed by atoms with Gasteiger partial charge in [-0.1, -0.05) is 35.9 Å². The Labute approximate surface area is 151 Å². The Hall–Kier alpha value is -3.22. The van der Waals surface area contributed by atoms with Crippen LogP contribution < -0.4 is 10.6 Å². The first-order valence-corrected chi connectivity index (χ1v) is 8.15. The minimum Gasteiger partial charge on any atom is -0.349 e. The van der Waals surface area contributed by atoms with Crippen molar-refractivity contribution in [2.75, 3.05) is 5.32 Å². The molecule has 0 saturated carbocycles. The lowest BCUT2D eigenvalue weighted by Crippen LogP contribution is -2.29. The predicted molar refractivity (Wildman–Crippen MR) is 98.8 cm³/mol. The molecule has 0 bridgehead atoms. The third-order valence-corrected chi connectivity index (χ3v) is 3.95. The SMILES string of the molecule is CC(=O)NC(CC(=O)Nc1cc([N+](=O)[O-])ccc1C)c1ccc(C)cc1. The molecule has 0 fully saturated rings. The molecular weight excluding hydrogens is 334 g/mol. The molecule has 0 aliphatic heterocycles. The van der Waals surface area contributed by atoms with Gasteiger partial charge in [0.25, 0.3) is 5.69 Å². The van der Waals surface area contributed by atoms with Gasteiger partial charge >= 0.3 is 0 Å². The largest absolute Gasteiger partial charge is 0.349 e. The molecule has 2 amide bonds. The first-order valence-electron chi connectivity index (χ1n) is 8.15. The maximum atomic E-state index is 12.4. The lowest BCUT2D eigenvalue weighted by molar-refractivity contribution is -0.384. The number of hydrogen-bond acceptors (Lipinski definition) is 4. The van der Waals surface area contributed by atoms with Gasteiger partial charge in [-0.25, -0.2) is 0 Å². The number of nitro benzene ring substituents is 1. The average molecular weight is 355 g/mol. The van der Waals surface area contributed by atoms with E-state index in [-0.39, 0.29) is 23.9 Å². The smallest absolute Gasteiger partial charge is 0.271 e. The van der Waals surface area contributed by atoms with Gasteiger partial charge in [-0.15, -0.1) is 0 Å². The van der Waals surface area contributed by atoms with Crippen molar-refractivity contribution in [1.82, 2.24) is 5.32 Å². The van der Waals surface area contributed by atoms with Gasteiger partial charge in [0.1, 0.15) is 0 Å². The maximum absolute atomic E-state index is 12.4. The lowest BCUT2D eigenvalue weighted by atomic mass is 10.0. The molecule has 0 saturated heterocycles. The summed E-state index contributed by atoms with van der Waals surface area (Å²) < 4.78 is 0. The van der Waals surface area contributed by atoms with Gasteiger partial charge in [-0.3, -0.25) is 19.7 Å². The van der Waals surface area contributed by atoms with Crippen LogP contribution in [-0.4, -0.2) is 16.7 Å². The lowest BCUT2D eigenvalue weighted by Gasteiger charge is -2.18. The molecule has 2 rings (SSSR count). The Bertz CT molecular complexity index is 831. The van der Waals surface area contributed by atoms with E-state index < -0.39 is 11.0 Å². The van der Waals surface area contributed by atoms with Crippen molar-refractivity contribution in [1.29, 1.82) is 0 Å². The normalized spacial score (nSPS) is 11.5. The number of nitro groups is 1. The second-order valence-electron chi connectivity index (χ2n) is 6.17. The number of anilines is 1. The Balaban J connectivity index is 2.17. The fraction of sp³-hybridized carbons (Fsp3) is 0.263. The quantitative estimate of drug-likeness (QED) is 0.612. The van der Waals surface area contributed by atoms with Gasteiger partial charge in [-0.05, 0) is 25.0 Å².